The lowest BCUT2D eigenvalue weighted by atomic mass is 10.2. The van der Waals surface area contributed by atoms with E-state index in [4.69, 9.17) is 19.3 Å². The van der Waals surface area contributed by atoms with Crippen LogP contribution in [0.25, 0.3) is 0 Å². The van der Waals surface area contributed by atoms with E-state index in [1.54, 1.807) is 13.8 Å². The number of hydrogen-bond donors (Lipinski definition) is 1. The summed E-state index contributed by atoms with van der Waals surface area (Å²) in [5.41, 5.74) is 0.606. The number of rotatable bonds is 9. The Morgan fingerprint density at radius 1 is 1.17 bits per heavy atom. The van der Waals surface area contributed by atoms with Crippen molar-refractivity contribution in [2.24, 2.45) is 0 Å². The second-order valence-electron chi connectivity index (χ2n) is 5.21. The number of esters is 2. The van der Waals surface area contributed by atoms with Crippen molar-refractivity contribution in [3.8, 4) is 11.5 Å². The predicted molar refractivity (Wildman–Crippen MR) is 88.4 cm³/mol. The largest absolute Gasteiger partial charge is 0.508 e. The summed E-state index contributed by atoms with van der Waals surface area (Å²) < 4.78 is 15.4. The van der Waals surface area contributed by atoms with Crippen LogP contribution in [-0.2, 0) is 19.1 Å². The average Bonchev–Trinajstić information content (AvgIpc) is 2.53. The molecule has 6 nitrogen and oxygen atoms in total. The first-order valence-electron chi connectivity index (χ1n) is 7.46. The SMILES string of the molecule is C=C(C)C(=O)OC(C)OCCCC(=C)C(=O)Oc1ccc(O)cc1. The van der Waals surface area contributed by atoms with Crippen molar-refractivity contribution in [2.75, 3.05) is 6.61 Å². The van der Waals surface area contributed by atoms with Crippen LogP contribution in [0.2, 0.25) is 0 Å². The summed E-state index contributed by atoms with van der Waals surface area (Å²) in [5.74, 6) is -0.630. The highest BCUT2D eigenvalue weighted by Gasteiger charge is 2.12. The summed E-state index contributed by atoms with van der Waals surface area (Å²) in [4.78, 5) is 23.1. The van der Waals surface area contributed by atoms with Crippen molar-refractivity contribution in [1.29, 1.82) is 0 Å². The van der Waals surface area contributed by atoms with Crippen LogP contribution in [0.3, 0.4) is 0 Å². The highest BCUT2D eigenvalue weighted by atomic mass is 16.7. The Kier molecular flexibility index (Phi) is 7.71. The van der Waals surface area contributed by atoms with Gasteiger partial charge in [0.05, 0.1) is 6.61 Å². The molecule has 0 amide bonds. The number of carbonyl (C=O) groups excluding carboxylic acids is 2. The molecule has 0 aliphatic carbocycles. The zero-order valence-electron chi connectivity index (χ0n) is 13.9. The molecule has 0 saturated carbocycles. The Labute approximate surface area is 141 Å². The van der Waals surface area contributed by atoms with E-state index in [1.807, 2.05) is 0 Å². The van der Waals surface area contributed by atoms with E-state index in [1.165, 1.54) is 24.3 Å². The van der Waals surface area contributed by atoms with Gasteiger partial charge in [-0.2, -0.15) is 0 Å². The molecule has 1 aromatic rings. The van der Waals surface area contributed by atoms with Crippen LogP contribution in [0.15, 0.2) is 48.6 Å². The molecular formula is C18H22O6. The van der Waals surface area contributed by atoms with Gasteiger partial charge in [-0.3, -0.25) is 0 Å². The van der Waals surface area contributed by atoms with Crippen LogP contribution < -0.4 is 4.74 Å². The first-order valence-corrected chi connectivity index (χ1v) is 7.46. The van der Waals surface area contributed by atoms with Gasteiger partial charge in [0.25, 0.3) is 0 Å². The van der Waals surface area contributed by atoms with Gasteiger partial charge in [0.15, 0.2) is 6.29 Å². The Morgan fingerprint density at radius 2 is 1.79 bits per heavy atom. The number of benzene rings is 1. The van der Waals surface area contributed by atoms with Gasteiger partial charge in [0.1, 0.15) is 11.5 Å². The third-order valence-corrected chi connectivity index (χ3v) is 2.93. The molecule has 0 fully saturated rings. The molecule has 0 aromatic heterocycles. The number of ether oxygens (including phenoxy) is 3. The first-order chi connectivity index (χ1) is 11.3. The van der Waals surface area contributed by atoms with Gasteiger partial charge < -0.3 is 19.3 Å². The molecule has 0 spiro atoms. The lowest BCUT2D eigenvalue weighted by Crippen LogP contribution is -2.19. The first kappa shape index (κ1) is 19.4. The molecule has 1 atom stereocenters. The minimum absolute atomic E-state index is 0.0900. The molecule has 1 aromatic carbocycles. The van der Waals surface area contributed by atoms with Gasteiger partial charge in [0, 0.05) is 11.1 Å². The summed E-state index contributed by atoms with van der Waals surface area (Å²) in [6.45, 7) is 10.6. The van der Waals surface area contributed by atoms with E-state index < -0.39 is 18.2 Å². The molecule has 0 saturated heterocycles. The van der Waals surface area contributed by atoms with E-state index in [-0.39, 0.29) is 5.75 Å². The standard InChI is InChI=1S/C18H22O6/c1-12(2)17(20)23-14(4)22-11-5-6-13(3)18(21)24-16-9-7-15(19)8-10-16/h7-10,14,19H,1,3,5-6,11H2,2,4H3. The summed E-state index contributed by atoms with van der Waals surface area (Å²) in [5, 5.41) is 9.16. The van der Waals surface area contributed by atoms with E-state index in [9.17, 15) is 9.59 Å². The number of hydrogen-bond acceptors (Lipinski definition) is 6. The number of aromatic hydroxyl groups is 1. The zero-order valence-corrected chi connectivity index (χ0v) is 13.9. The number of carbonyl (C=O) groups is 2. The van der Waals surface area contributed by atoms with Gasteiger partial charge in [-0.25, -0.2) is 9.59 Å². The molecule has 0 aliphatic rings. The van der Waals surface area contributed by atoms with Crippen molar-refractivity contribution >= 4 is 11.9 Å². The maximum absolute atomic E-state index is 11.8. The van der Waals surface area contributed by atoms with Crippen LogP contribution in [0.1, 0.15) is 26.7 Å². The molecule has 130 valence electrons. The lowest BCUT2D eigenvalue weighted by Gasteiger charge is -2.14. The van der Waals surface area contributed by atoms with E-state index in [0.717, 1.165) is 0 Å². The van der Waals surface area contributed by atoms with E-state index in [2.05, 4.69) is 13.2 Å². The van der Waals surface area contributed by atoms with Crippen LogP contribution in [-0.4, -0.2) is 29.9 Å². The van der Waals surface area contributed by atoms with Crippen LogP contribution in [0.4, 0.5) is 0 Å². The maximum Gasteiger partial charge on any atom is 0.338 e. The summed E-state index contributed by atoms with van der Waals surface area (Å²) in [7, 11) is 0. The highest BCUT2D eigenvalue weighted by molar-refractivity contribution is 5.89. The maximum atomic E-state index is 11.8. The van der Waals surface area contributed by atoms with Crippen molar-refractivity contribution in [2.45, 2.75) is 33.0 Å². The van der Waals surface area contributed by atoms with Gasteiger partial charge in [0.2, 0.25) is 0 Å². The Morgan fingerprint density at radius 3 is 2.38 bits per heavy atom. The molecule has 0 radical (unpaired) electrons. The van der Waals surface area contributed by atoms with Gasteiger partial charge in [-0.15, -0.1) is 0 Å². The average molecular weight is 334 g/mol. The third-order valence-electron chi connectivity index (χ3n) is 2.93. The minimum Gasteiger partial charge on any atom is -0.508 e. The minimum atomic E-state index is -0.689. The fraction of sp³-hybridized carbons (Fsp3) is 0.333. The summed E-state index contributed by atoms with van der Waals surface area (Å²) in [6, 6.07) is 5.82. The topological polar surface area (TPSA) is 82.1 Å². The van der Waals surface area contributed by atoms with Gasteiger partial charge in [-0.1, -0.05) is 13.2 Å². The van der Waals surface area contributed by atoms with Gasteiger partial charge >= 0.3 is 11.9 Å². The van der Waals surface area contributed by atoms with Gasteiger partial charge in [-0.05, 0) is 51.0 Å². The van der Waals surface area contributed by atoms with Crippen LogP contribution in [0.5, 0.6) is 11.5 Å². The van der Waals surface area contributed by atoms with Crippen molar-refractivity contribution in [3.05, 3.63) is 48.6 Å². The van der Waals surface area contributed by atoms with E-state index in [0.29, 0.717) is 36.3 Å². The molecule has 0 heterocycles. The fourth-order valence-corrected chi connectivity index (χ4v) is 1.62. The quantitative estimate of drug-likeness (QED) is 0.246. The second kappa shape index (κ2) is 9.52. The normalized spacial score (nSPS) is 11.4. The highest BCUT2D eigenvalue weighted by Crippen LogP contribution is 2.17. The summed E-state index contributed by atoms with van der Waals surface area (Å²) >= 11 is 0. The van der Waals surface area contributed by atoms with Crippen LogP contribution >= 0.6 is 0 Å². The van der Waals surface area contributed by atoms with E-state index >= 15 is 0 Å². The molecule has 24 heavy (non-hydrogen) atoms. The molecule has 0 bridgehead atoms. The monoisotopic (exact) mass is 334 g/mol. The summed E-state index contributed by atoms with van der Waals surface area (Å²) in [6.07, 6.45) is 0.225. The molecule has 0 aliphatic heterocycles. The lowest BCUT2D eigenvalue weighted by molar-refractivity contribution is -0.170. The number of phenolic OH excluding ortho intramolecular Hbond substituents is 1. The van der Waals surface area contributed by atoms with Crippen molar-refractivity contribution in [1.82, 2.24) is 0 Å². The third kappa shape index (κ3) is 7.11. The fourth-order valence-electron chi connectivity index (χ4n) is 1.62. The molecular weight excluding hydrogens is 312 g/mol. The molecule has 1 unspecified atom stereocenters. The second-order valence-corrected chi connectivity index (χ2v) is 5.21. The van der Waals surface area contributed by atoms with Crippen LogP contribution in [0, 0.1) is 0 Å². The Hall–Kier alpha value is -2.60. The van der Waals surface area contributed by atoms with Crippen molar-refractivity contribution < 1.29 is 28.9 Å². The zero-order chi connectivity index (χ0) is 18.1. The Balaban J connectivity index is 2.25. The number of phenols is 1. The molecule has 6 heteroatoms. The van der Waals surface area contributed by atoms with Crippen molar-refractivity contribution in [3.63, 3.8) is 0 Å². The predicted octanol–water partition coefficient (Wildman–Crippen LogP) is 3.12. The smallest absolute Gasteiger partial charge is 0.338 e. The molecule has 1 N–H and O–H groups in total. The Bertz CT molecular complexity index is 602. The molecule has 1 rings (SSSR count).